The van der Waals surface area contributed by atoms with Gasteiger partial charge in [0.05, 0.1) is 6.04 Å². The average molecular weight is 384 g/mol. The smallest absolute Gasteiger partial charge is 0.237 e. The van der Waals surface area contributed by atoms with Crippen molar-refractivity contribution < 1.29 is 4.79 Å². The van der Waals surface area contributed by atoms with Gasteiger partial charge in [-0.3, -0.25) is 9.69 Å². The number of hydrogen-bond acceptors (Lipinski definition) is 4. The van der Waals surface area contributed by atoms with E-state index in [0.717, 1.165) is 31.6 Å². The zero-order valence-corrected chi connectivity index (χ0v) is 16.5. The summed E-state index contributed by atoms with van der Waals surface area (Å²) in [5.41, 5.74) is 7.38. The van der Waals surface area contributed by atoms with Gasteiger partial charge in [0.2, 0.25) is 5.91 Å². The summed E-state index contributed by atoms with van der Waals surface area (Å²) in [6.45, 7) is 1.03. The molecular weight excluding hydrogens is 354 g/mol. The zero-order valence-electron chi connectivity index (χ0n) is 14.9. The highest BCUT2D eigenvalue weighted by Crippen LogP contribution is 2.36. The molecular formula is C19H30ClN3OS. The van der Waals surface area contributed by atoms with Gasteiger partial charge in [0.15, 0.2) is 0 Å². The third kappa shape index (κ3) is 5.36. The van der Waals surface area contributed by atoms with Crippen LogP contribution in [0, 0.1) is 0 Å². The van der Waals surface area contributed by atoms with Gasteiger partial charge >= 0.3 is 0 Å². The molecule has 2 fully saturated rings. The Kier molecular flexibility index (Phi) is 8.07. The number of nitrogens with zero attached hydrogens (tertiary/aromatic N) is 1. The predicted molar refractivity (Wildman–Crippen MR) is 108 cm³/mol. The Bertz CT molecular complexity index is 531. The summed E-state index contributed by atoms with van der Waals surface area (Å²) in [4.78, 5) is 14.9. The predicted octanol–water partition coefficient (Wildman–Crippen LogP) is 2.80. The molecule has 6 heteroatoms. The van der Waals surface area contributed by atoms with Crippen molar-refractivity contribution in [1.29, 1.82) is 0 Å². The van der Waals surface area contributed by atoms with E-state index in [9.17, 15) is 4.79 Å². The third-order valence-corrected chi connectivity index (χ3v) is 6.05. The number of nitrogens with one attached hydrogen (secondary N) is 1. The lowest BCUT2D eigenvalue weighted by atomic mass is 9.96. The van der Waals surface area contributed by atoms with Crippen molar-refractivity contribution in [1.82, 2.24) is 10.2 Å². The molecule has 0 radical (unpaired) electrons. The van der Waals surface area contributed by atoms with Crippen LogP contribution in [0.2, 0.25) is 0 Å². The van der Waals surface area contributed by atoms with Gasteiger partial charge in [0.25, 0.3) is 0 Å². The summed E-state index contributed by atoms with van der Waals surface area (Å²) in [6, 6.07) is 11.8. The van der Waals surface area contributed by atoms with Gasteiger partial charge in [0.1, 0.15) is 0 Å². The number of rotatable bonds is 7. The molecule has 25 heavy (non-hydrogen) atoms. The van der Waals surface area contributed by atoms with Gasteiger partial charge in [0, 0.05) is 24.7 Å². The Balaban J connectivity index is 0.00000225. The van der Waals surface area contributed by atoms with Crippen molar-refractivity contribution in [2.45, 2.75) is 62.8 Å². The first-order valence-corrected chi connectivity index (χ1v) is 10.4. The molecule has 140 valence electrons. The van der Waals surface area contributed by atoms with Crippen molar-refractivity contribution in [2.24, 2.45) is 5.73 Å². The fourth-order valence-corrected chi connectivity index (χ4v) is 4.62. The second-order valence-corrected chi connectivity index (χ2v) is 8.09. The SMILES string of the molecule is CSCC[C@H](N)C(=O)NC1CC2CCC(C1)N2Cc1ccccc1.Cl. The summed E-state index contributed by atoms with van der Waals surface area (Å²) in [6.07, 6.45) is 7.43. The number of carbonyl (C=O) groups is 1. The van der Waals surface area contributed by atoms with Crippen molar-refractivity contribution in [3.63, 3.8) is 0 Å². The minimum Gasteiger partial charge on any atom is -0.352 e. The lowest BCUT2D eigenvalue weighted by molar-refractivity contribution is -0.123. The first kappa shape index (κ1) is 20.6. The normalized spacial score (nSPS) is 26.7. The van der Waals surface area contributed by atoms with Crippen molar-refractivity contribution in [3.8, 4) is 0 Å². The van der Waals surface area contributed by atoms with E-state index in [-0.39, 0.29) is 24.4 Å². The molecule has 4 nitrogen and oxygen atoms in total. The Morgan fingerprint density at radius 2 is 1.92 bits per heavy atom. The minimum absolute atomic E-state index is 0. The molecule has 3 rings (SSSR count). The van der Waals surface area contributed by atoms with Crippen molar-refractivity contribution >= 4 is 30.1 Å². The van der Waals surface area contributed by atoms with Gasteiger partial charge in [-0.05, 0) is 49.7 Å². The first-order chi connectivity index (χ1) is 11.7. The molecule has 2 unspecified atom stereocenters. The fourth-order valence-electron chi connectivity index (χ4n) is 4.13. The molecule has 1 aromatic rings. The standard InChI is InChI=1S/C19H29N3OS.ClH/c1-24-10-9-18(20)19(23)21-15-11-16-7-8-17(12-15)22(16)13-14-5-3-2-4-6-14;/h2-6,15-18H,7-13,20H2,1H3,(H,21,23);1H/t15?,16?,17?,18-;/m0./s1. The molecule has 2 bridgehead atoms. The van der Waals surface area contributed by atoms with Crippen LogP contribution in [-0.2, 0) is 11.3 Å². The molecule has 2 saturated heterocycles. The number of hydrogen-bond donors (Lipinski definition) is 2. The fraction of sp³-hybridized carbons (Fsp3) is 0.632. The minimum atomic E-state index is -0.363. The van der Waals surface area contributed by atoms with Crippen molar-refractivity contribution in [3.05, 3.63) is 35.9 Å². The number of thioether (sulfide) groups is 1. The van der Waals surface area contributed by atoms with Crippen LogP contribution in [0.15, 0.2) is 30.3 Å². The maximum atomic E-state index is 12.3. The lowest BCUT2D eigenvalue weighted by Gasteiger charge is -2.39. The summed E-state index contributed by atoms with van der Waals surface area (Å²) in [5.74, 6) is 0.972. The van der Waals surface area contributed by atoms with Gasteiger partial charge < -0.3 is 11.1 Å². The average Bonchev–Trinajstić information content (AvgIpc) is 2.82. The Morgan fingerprint density at radius 3 is 2.52 bits per heavy atom. The van der Waals surface area contributed by atoms with Gasteiger partial charge in [-0.1, -0.05) is 30.3 Å². The molecule has 3 N–H and O–H groups in total. The van der Waals surface area contributed by atoms with Crippen LogP contribution >= 0.6 is 24.2 Å². The Labute approximate surface area is 161 Å². The zero-order chi connectivity index (χ0) is 16.9. The monoisotopic (exact) mass is 383 g/mol. The van der Waals surface area contributed by atoms with Crippen LogP contribution < -0.4 is 11.1 Å². The quantitative estimate of drug-likeness (QED) is 0.760. The van der Waals surface area contributed by atoms with Gasteiger partial charge in [-0.2, -0.15) is 11.8 Å². The molecule has 0 saturated carbocycles. The highest BCUT2D eigenvalue weighted by Gasteiger charge is 2.41. The van der Waals surface area contributed by atoms with E-state index in [0.29, 0.717) is 18.1 Å². The van der Waals surface area contributed by atoms with E-state index in [4.69, 9.17) is 5.73 Å². The third-order valence-electron chi connectivity index (χ3n) is 5.41. The number of nitrogens with two attached hydrogens (primary N) is 1. The molecule has 0 aromatic heterocycles. The molecule has 0 spiro atoms. The van der Waals surface area contributed by atoms with Gasteiger partial charge in [-0.25, -0.2) is 0 Å². The maximum Gasteiger partial charge on any atom is 0.237 e. The highest BCUT2D eigenvalue weighted by atomic mass is 35.5. The first-order valence-electron chi connectivity index (χ1n) is 9.02. The lowest BCUT2D eigenvalue weighted by Crippen LogP contribution is -2.53. The number of halogens is 1. The highest BCUT2D eigenvalue weighted by molar-refractivity contribution is 7.98. The van der Waals surface area contributed by atoms with E-state index in [2.05, 4.69) is 40.5 Å². The number of carbonyl (C=O) groups excluding carboxylic acids is 1. The Hall–Kier alpha value is -0.750. The second-order valence-electron chi connectivity index (χ2n) is 7.11. The summed E-state index contributed by atoms with van der Waals surface area (Å²) < 4.78 is 0. The number of amides is 1. The summed E-state index contributed by atoms with van der Waals surface area (Å²) in [5, 5.41) is 3.21. The molecule has 1 aromatic carbocycles. The van der Waals surface area contributed by atoms with Crippen LogP contribution in [0.4, 0.5) is 0 Å². The number of fused-ring (bicyclic) bond motifs is 2. The van der Waals surface area contributed by atoms with Gasteiger partial charge in [-0.15, -0.1) is 12.4 Å². The molecule has 1 amide bonds. The second kappa shape index (κ2) is 9.81. The maximum absolute atomic E-state index is 12.3. The van der Waals surface area contributed by atoms with Crippen molar-refractivity contribution in [2.75, 3.05) is 12.0 Å². The van der Waals surface area contributed by atoms with E-state index < -0.39 is 0 Å². The van der Waals surface area contributed by atoms with Crippen LogP contribution in [-0.4, -0.2) is 47.0 Å². The summed E-state index contributed by atoms with van der Waals surface area (Å²) in [7, 11) is 0. The molecule has 3 atom stereocenters. The number of benzene rings is 1. The van der Waals surface area contributed by atoms with Crippen LogP contribution in [0.3, 0.4) is 0 Å². The van der Waals surface area contributed by atoms with Crippen LogP contribution in [0.1, 0.15) is 37.7 Å². The van der Waals surface area contributed by atoms with E-state index >= 15 is 0 Å². The molecule has 2 aliphatic rings. The Morgan fingerprint density at radius 1 is 1.28 bits per heavy atom. The molecule has 2 heterocycles. The van der Waals surface area contributed by atoms with Crippen LogP contribution in [0.25, 0.3) is 0 Å². The molecule has 2 aliphatic heterocycles. The number of piperidine rings is 1. The molecule has 0 aliphatic carbocycles. The van der Waals surface area contributed by atoms with E-state index in [1.807, 2.05) is 6.26 Å². The van der Waals surface area contributed by atoms with E-state index in [1.165, 1.54) is 18.4 Å². The van der Waals surface area contributed by atoms with E-state index in [1.54, 1.807) is 11.8 Å². The topological polar surface area (TPSA) is 58.4 Å². The summed E-state index contributed by atoms with van der Waals surface area (Å²) >= 11 is 1.74. The largest absolute Gasteiger partial charge is 0.352 e. The van der Waals surface area contributed by atoms with Crippen LogP contribution in [0.5, 0.6) is 0 Å².